The topological polar surface area (TPSA) is 112 Å². The number of halogens is 1. The number of primary sulfonamides is 1. The minimum absolute atomic E-state index is 0.0928. The summed E-state index contributed by atoms with van der Waals surface area (Å²) < 4.78 is 34.9. The number of benzene rings is 2. The first-order valence-corrected chi connectivity index (χ1v) is 9.75. The molecular formula is C17H15BrN2O5S. The van der Waals surface area contributed by atoms with E-state index in [1.807, 2.05) is 12.1 Å². The van der Waals surface area contributed by atoms with E-state index >= 15 is 0 Å². The molecule has 0 bridgehead atoms. The Morgan fingerprint density at radius 1 is 1.23 bits per heavy atom. The van der Waals surface area contributed by atoms with Crippen LogP contribution in [0.2, 0.25) is 0 Å². The van der Waals surface area contributed by atoms with E-state index in [2.05, 4.69) is 21.2 Å². The van der Waals surface area contributed by atoms with Crippen molar-refractivity contribution in [1.82, 2.24) is 0 Å². The van der Waals surface area contributed by atoms with Gasteiger partial charge in [0.2, 0.25) is 10.0 Å². The number of anilines is 1. The monoisotopic (exact) mass is 438 g/mol. The van der Waals surface area contributed by atoms with Crippen LogP contribution in [0.3, 0.4) is 0 Å². The van der Waals surface area contributed by atoms with Crippen LogP contribution in [0.4, 0.5) is 5.69 Å². The zero-order valence-electron chi connectivity index (χ0n) is 13.9. The van der Waals surface area contributed by atoms with E-state index in [-0.39, 0.29) is 22.1 Å². The molecule has 3 aromatic rings. The van der Waals surface area contributed by atoms with Crippen molar-refractivity contribution in [2.75, 3.05) is 12.4 Å². The number of rotatable bonds is 4. The molecule has 0 spiro atoms. The number of carbonyl (C=O) groups is 1. The zero-order chi connectivity index (χ0) is 19.1. The number of hydrogen-bond acceptors (Lipinski definition) is 5. The van der Waals surface area contributed by atoms with Crippen LogP contribution in [0, 0.1) is 6.92 Å². The van der Waals surface area contributed by atoms with Gasteiger partial charge >= 0.3 is 0 Å². The predicted octanol–water partition coefficient (Wildman–Crippen LogP) is 3.41. The Kier molecular flexibility index (Phi) is 4.78. The quantitative estimate of drug-likeness (QED) is 0.647. The normalized spacial score (nSPS) is 11.5. The highest BCUT2D eigenvalue weighted by Crippen LogP contribution is 2.30. The van der Waals surface area contributed by atoms with E-state index in [0.717, 1.165) is 9.86 Å². The van der Waals surface area contributed by atoms with Crippen LogP contribution in [-0.4, -0.2) is 21.4 Å². The largest absolute Gasteiger partial charge is 0.495 e. The number of sulfonamides is 1. The molecule has 0 atom stereocenters. The number of aryl methyl sites for hydroxylation is 1. The van der Waals surface area contributed by atoms with Crippen molar-refractivity contribution in [2.45, 2.75) is 11.8 Å². The van der Waals surface area contributed by atoms with Crippen molar-refractivity contribution in [3.8, 4) is 5.75 Å². The summed E-state index contributed by atoms with van der Waals surface area (Å²) in [5.41, 5.74) is 1.51. The zero-order valence-corrected chi connectivity index (χ0v) is 16.3. The Labute approximate surface area is 158 Å². The Balaban J connectivity index is 1.97. The predicted molar refractivity (Wildman–Crippen MR) is 101 cm³/mol. The summed E-state index contributed by atoms with van der Waals surface area (Å²) in [6, 6.07) is 9.60. The van der Waals surface area contributed by atoms with Gasteiger partial charge in [-0.25, -0.2) is 13.6 Å². The highest BCUT2D eigenvalue weighted by Gasteiger charge is 2.20. The van der Waals surface area contributed by atoms with E-state index in [9.17, 15) is 13.2 Å². The smallest absolute Gasteiger partial charge is 0.291 e. The van der Waals surface area contributed by atoms with Crippen LogP contribution in [0.25, 0.3) is 11.0 Å². The molecule has 2 aromatic carbocycles. The molecule has 0 unspecified atom stereocenters. The number of nitrogens with one attached hydrogen (secondary N) is 1. The molecule has 1 heterocycles. The van der Waals surface area contributed by atoms with Gasteiger partial charge in [-0.1, -0.05) is 15.9 Å². The molecule has 3 rings (SSSR count). The molecule has 7 nitrogen and oxygen atoms in total. The molecule has 0 radical (unpaired) electrons. The van der Waals surface area contributed by atoms with Gasteiger partial charge in [-0.05, 0) is 43.3 Å². The minimum Gasteiger partial charge on any atom is -0.495 e. The second kappa shape index (κ2) is 6.75. The van der Waals surface area contributed by atoms with Gasteiger partial charge in [0.1, 0.15) is 16.2 Å². The SMILES string of the molecule is COc1ccc(NC(=O)c2oc3ccc(Br)cc3c2C)cc1S(N)(=O)=O. The van der Waals surface area contributed by atoms with E-state index < -0.39 is 15.9 Å². The third-order valence-corrected chi connectivity index (χ3v) is 5.26. The summed E-state index contributed by atoms with van der Waals surface area (Å²) in [5.74, 6) is -0.262. The van der Waals surface area contributed by atoms with E-state index in [1.54, 1.807) is 13.0 Å². The maximum absolute atomic E-state index is 12.6. The lowest BCUT2D eigenvalue weighted by atomic mass is 10.1. The van der Waals surface area contributed by atoms with Gasteiger partial charge in [-0.3, -0.25) is 4.79 Å². The summed E-state index contributed by atoms with van der Waals surface area (Å²) in [7, 11) is -2.68. The third kappa shape index (κ3) is 3.46. The molecule has 0 saturated heterocycles. The lowest BCUT2D eigenvalue weighted by Gasteiger charge is -2.10. The van der Waals surface area contributed by atoms with Crippen molar-refractivity contribution in [1.29, 1.82) is 0 Å². The second-order valence-corrected chi connectivity index (χ2v) is 8.01. The van der Waals surface area contributed by atoms with Crippen LogP contribution in [-0.2, 0) is 10.0 Å². The van der Waals surface area contributed by atoms with E-state index in [4.69, 9.17) is 14.3 Å². The first-order chi connectivity index (χ1) is 12.2. The summed E-state index contributed by atoms with van der Waals surface area (Å²) in [5, 5.41) is 8.62. The summed E-state index contributed by atoms with van der Waals surface area (Å²) >= 11 is 3.38. The fraction of sp³-hybridized carbons (Fsp3) is 0.118. The molecule has 3 N–H and O–H groups in total. The Morgan fingerprint density at radius 2 is 1.96 bits per heavy atom. The van der Waals surface area contributed by atoms with Gasteiger partial charge in [0.25, 0.3) is 5.91 Å². The molecule has 0 aliphatic rings. The van der Waals surface area contributed by atoms with Gasteiger partial charge in [-0.15, -0.1) is 0 Å². The molecule has 0 aliphatic carbocycles. The van der Waals surface area contributed by atoms with Gasteiger partial charge in [0.05, 0.1) is 7.11 Å². The summed E-state index contributed by atoms with van der Waals surface area (Å²) in [6.45, 7) is 1.77. The highest BCUT2D eigenvalue weighted by atomic mass is 79.9. The van der Waals surface area contributed by atoms with Crippen LogP contribution in [0.15, 0.2) is 50.2 Å². The average molecular weight is 439 g/mol. The van der Waals surface area contributed by atoms with Crippen LogP contribution in [0.5, 0.6) is 5.75 Å². The number of ether oxygens (including phenoxy) is 1. The van der Waals surface area contributed by atoms with Gasteiger partial charge in [0, 0.05) is 21.1 Å². The Hall–Kier alpha value is -2.36. The number of nitrogens with two attached hydrogens (primary N) is 1. The fourth-order valence-corrected chi connectivity index (χ4v) is 3.66. The Morgan fingerprint density at radius 3 is 2.62 bits per heavy atom. The Bertz CT molecular complexity index is 1120. The van der Waals surface area contributed by atoms with Crippen molar-refractivity contribution in [3.05, 3.63) is 52.2 Å². The number of furan rings is 1. The summed E-state index contributed by atoms with van der Waals surface area (Å²) in [4.78, 5) is 12.4. The highest BCUT2D eigenvalue weighted by molar-refractivity contribution is 9.10. The van der Waals surface area contributed by atoms with Crippen LogP contribution >= 0.6 is 15.9 Å². The lowest BCUT2D eigenvalue weighted by Crippen LogP contribution is -2.16. The molecular weight excluding hydrogens is 424 g/mol. The molecule has 26 heavy (non-hydrogen) atoms. The number of fused-ring (bicyclic) bond motifs is 1. The lowest BCUT2D eigenvalue weighted by molar-refractivity contribution is 0.0998. The molecule has 0 fully saturated rings. The maximum atomic E-state index is 12.6. The maximum Gasteiger partial charge on any atom is 0.291 e. The van der Waals surface area contributed by atoms with Crippen molar-refractivity contribution >= 4 is 48.5 Å². The van der Waals surface area contributed by atoms with Crippen molar-refractivity contribution < 1.29 is 22.4 Å². The van der Waals surface area contributed by atoms with Gasteiger partial charge < -0.3 is 14.5 Å². The standard InChI is InChI=1S/C17H15BrN2O5S/c1-9-12-7-10(18)3-5-13(12)25-16(9)17(21)20-11-4-6-14(24-2)15(8-11)26(19,22)23/h3-8H,1-2H3,(H,20,21)(H2,19,22,23). The first kappa shape index (κ1) is 18.4. The molecule has 0 saturated carbocycles. The molecule has 136 valence electrons. The van der Waals surface area contributed by atoms with Crippen molar-refractivity contribution in [2.24, 2.45) is 5.14 Å². The molecule has 1 aromatic heterocycles. The first-order valence-electron chi connectivity index (χ1n) is 7.41. The number of amides is 1. The minimum atomic E-state index is -4.01. The van der Waals surface area contributed by atoms with E-state index in [0.29, 0.717) is 11.1 Å². The fourth-order valence-electron chi connectivity index (χ4n) is 2.57. The van der Waals surface area contributed by atoms with Gasteiger partial charge in [0.15, 0.2) is 5.76 Å². The van der Waals surface area contributed by atoms with E-state index in [1.165, 1.54) is 25.3 Å². The third-order valence-electron chi connectivity index (χ3n) is 3.83. The number of methoxy groups -OCH3 is 1. The van der Waals surface area contributed by atoms with Crippen LogP contribution < -0.4 is 15.2 Å². The van der Waals surface area contributed by atoms with Crippen LogP contribution in [0.1, 0.15) is 16.1 Å². The second-order valence-electron chi connectivity index (χ2n) is 5.56. The molecule has 9 heteroatoms. The number of hydrogen-bond donors (Lipinski definition) is 2. The molecule has 0 aliphatic heterocycles. The number of carbonyl (C=O) groups excluding carboxylic acids is 1. The average Bonchev–Trinajstić information content (AvgIpc) is 2.90. The summed E-state index contributed by atoms with van der Waals surface area (Å²) in [6.07, 6.45) is 0. The van der Waals surface area contributed by atoms with Crippen molar-refractivity contribution in [3.63, 3.8) is 0 Å². The van der Waals surface area contributed by atoms with Gasteiger partial charge in [-0.2, -0.15) is 0 Å². The molecule has 1 amide bonds.